The van der Waals surface area contributed by atoms with E-state index in [1.165, 1.54) is 24.0 Å². The predicted molar refractivity (Wildman–Crippen MR) is 97.4 cm³/mol. The molecule has 4 rings (SSSR count). The van der Waals surface area contributed by atoms with Crippen LogP contribution in [0.15, 0.2) is 23.3 Å². The fraction of sp³-hybridized carbons (Fsp3) is 0.773. The molecule has 0 aliphatic heterocycles. The molecule has 3 heteroatoms. The first-order valence-corrected chi connectivity index (χ1v) is 10.0. The van der Waals surface area contributed by atoms with Crippen molar-refractivity contribution in [2.45, 2.75) is 70.8 Å². The number of hydrogen-bond acceptors (Lipinski definition) is 3. The van der Waals surface area contributed by atoms with Crippen LogP contribution in [0, 0.1) is 39.9 Å². The van der Waals surface area contributed by atoms with Crippen LogP contribution in [0.25, 0.3) is 0 Å². The van der Waals surface area contributed by atoms with E-state index in [1.54, 1.807) is 0 Å². The highest BCUT2D eigenvalue weighted by atomic mass is 16.3. The molecular formula is C22H31NO2. The highest BCUT2D eigenvalue weighted by Crippen LogP contribution is 2.66. The fourth-order valence-electron chi connectivity index (χ4n) is 7.13. The molecule has 3 fully saturated rings. The monoisotopic (exact) mass is 341 g/mol. The van der Waals surface area contributed by atoms with Crippen LogP contribution in [0.1, 0.15) is 65.2 Å². The summed E-state index contributed by atoms with van der Waals surface area (Å²) >= 11 is 0. The molecule has 0 aromatic carbocycles. The van der Waals surface area contributed by atoms with Gasteiger partial charge in [0.15, 0.2) is 0 Å². The van der Waals surface area contributed by atoms with Gasteiger partial charge >= 0.3 is 0 Å². The van der Waals surface area contributed by atoms with Gasteiger partial charge in [-0.05, 0) is 81.5 Å². The van der Waals surface area contributed by atoms with Crippen molar-refractivity contribution >= 4 is 0 Å². The van der Waals surface area contributed by atoms with Crippen LogP contribution < -0.4 is 0 Å². The zero-order valence-corrected chi connectivity index (χ0v) is 15.6. The van der Waals surface area contributed by atoms with Gasteiger partial charge in [-0.15, -0.1) is 0 Å². The minimum absolute atomic E-state index is 0.103. The SMILES string of the molecule is C[C@]1(O)C=C2CC[C@@H]3[C@H](CC[C@]4(C)/C(=C\C#N)CC[C@@H]34)[C@@]2(CO)CC1. The van der Waals surface area contributed by atoms with Gasteiger partial charge in [0.25, 0.3) is 0 Å². The average molecular weight is 341 g/mol. The molecule has 0 amide bonds. The number of allylic oxidation sites excluding steroid dienone is 2. The van der Waals surface area contributed by atoms with Crippen LogP contribution in [0.3, 0.4) is 0 Å². The Bertz CT molecular complexity index is 670. The second kappa shape index (κ2) is 5.69. The van der Waals surface area contributed by atoms with Gasteiger partial charge in [0.2, 0.25) is 0 Å². The molecule has 136 valence electrons. The summed E-state index contributed by atoms with van der Waals surface area (Å²) in [6.45, 7) is 4.51. The predicted octanol–water partition coefficient (Wildman–Crippen LogP) is 4.12. The molecule has 0 saturated heterocycles. The van der Waals surface area contributed by atoms with Crippen LogP contribution in [-0.2, 0) is 0 Å². The topological polar surface area (TPSA) is 64.2 Å². The quantitative estimate of drug-likeness (QED) is 0.557. The van der Waals surface area contributed by atoms with Crippen molar-refractivity contribution < 1.29 is 10.2 Å². The van der Waals surface area contributed by atoms with E-state index in [0.717, 1.165) is 38.5 Å². The smallest absolute Gasteiger partial charge is 0.0911 e. The lowest BCUT2D eigenvalue weighted by atomic mass is 9.46. The maximum Gasteiger partial charge on any atom is 0.0911 e. The van der Waals surface area contributed by atoms with E-state index in [9.17, 15) is 10.2 Å². The molecule has 2 N–H and O–H groups in total. The molecule has 3 nitrogen and oxygen atoms in total. The van der Waals surface area contributed by atoms with Gasteiger partial charge in [0.05, 0.1) is 18.3 Å². The zero-order valence-electron chi connectivity index (χ0n) is 15.6. The van der Waals surface area contributed by atoms with Gasteiger partial charge in [-0.3, -0.25) is 0 Å². The Morgan fingerprint density at radius 3 is 2.68 bits per heavy atom. The van der Waals surface area contributed by atoms with E-state index in [2.05, 4.69) is 19.1 Å². The van der Waals surface area contributed by atoms with Crippen molar-refractivity contribution in [1.82, 2.24) is 0 Å². The number of nitriles is 1. The highest BCUT2D eigenvalue weighted by molar-refractivity contribution is 5.32. The van der Waals surface area contributed by atoms with Crippen LogP contribution in [-0.4, -0.2) is 22.4 Å². The molecule has 0 radical (unpaired) electrons. The summed E-state index contributed by atoms with van der Waals surface area (Å²) in [5.74, 6) is 1.84. The number of aliphatic hydroxyl groups is 2. The summed E-state index contributed by atoms with van der Waals surface area (Å²) < 4.78 is 0. The number of aliphatic hydroxyl groups excluding tert-OH is 1. The second-order valence-corrected chi connectivity index (χ2v) is 9.55. The maximum atomic E-state index is 10.5. The van der Waals surface area contributed by atoms with Crippen molar-refractivity contribution in [2.75, 3.05) is 6.61 Å². The van der Waals surface area contributed by atoms with Gasteiger partial charge in [0, 0.05) is 11.5 Å². The lowest BCUT2D eigenvalue weighted by molar-refractivity contribution is -0.0697. The lowest BCUT2D eigenvalue weighted by Gasteiger charge is -2.59. The molecule has 0 heterocycles. The normalized spacial score (nSPS) is 50.4. The Balaban J connectivity index is 1.70. The van der Waals surface area contributed by atoms with Crippen LogP contribution in [0.5, 0.6) is 0 Å². The number of hydrogen-bond donors (Lipinski definition) is 2. The van der Waals surface area contributed by atoms with E-state index in [-0.39, 0.29) is 17.4 Å². The summed E-state index contributed by atoms with van der Waals surface area (Å²) in [4.78, 5) is 0. The summed E-state index contributed by atoms with van der Waals surface area (Å²) in [5, 5.41) is 30.1. The molecule has 25 heavy (non-hydrogen) atoms. The first kappa shape index (κ1) is 17.3. The average Bonchev–Trinajstić information content (AvgIpc) is 2.91. The molecule has 3 saturated carbocycles. The summed E-state index contributed by atoms with van der Waals surface area (Å²) in [6.07, 6.45) is 12.3. The minimum atomic E-state index is -0.708. The lowest BCUT2D eigenvalue weighted by Crippen LogP contribution is -2.53. The largest absolute Gasteiger partial charge is 0.395 e. The second-order valence-electron chi connectivity index (χ2n) is 9.55. The van der Waals surface area contributed by atoms with Gasteiger partial charge in [-0.1, -0.05) is 24.1 Å². The molecule has 0 aromatic heterocycles. The Hall–Kier alpha value is -1.11. The number of fused-ring (bicyclic) bond motifs is 5. The van der Waals surface area contributed by atoms with E-state index in [0.29, 0.717) is 17.8 Å². The van der Waals surface area contributed by atoms with Gasteiger partial charge in [-0.2, -0.15) is 5.26 Å². The Morgan fingerprint density at radius 1 is 1.16 bits per heavy atom. The summed E-state index contributed by atoms with van der Waals surface area (Å²) in [5.41, 5.74) is 2.06. The van der Waals surface area contributed by atoms with Crippen LogP contribution in [0.2, 0.25) is 0 Å². The van der Waals surface area contributed by atoms with Crippen molar-refractivity contribution in [3.63, 3.8) is 0 Å². The number of rotatable bonds is 1. The molecule has 0 bridgehead atoms. The molecule has 4 aliphatic carbocycles. The van der Waals surface area contributed by atoms with Crippen molar-refractivity contribution in [3.8, 4) is 6.07 Å². The maximum absolute atomic E-state index is 10.5. The Morgan fingerprint density at radius 2 is 1.96 bits per heavy atom. The molecule has 6 atom stereocenters. The third-order valence-corrected chi connectivity index (χ3v) is 8.46. The third kappa shape index (κ3) is 2.37. The standard InChI is InChI=1S/C22H31NO2/c1-20(25)10-11-22(14-24)16(13-20)3-5-17-18-6-4-15(8-12-23)21(18,2)9-7-19(17)22/h8,13,17-19,24-25H,3-7,9-11,14H2,1-2H3/b15-8-/t17-,18-,19-,20+,21+,22+/m0/s1. The first-order chi connectivity index (χ1) is 11.9. The first-order valence-electron chi connectivity index (χ1n) is 10.0. The van der Waals surface area contributed by atoms with Gasteiger partial charge < -0.3 is 10.2 Å². The zero-order chi connectivity index (χ0) is 17.9. The van der Waals surface area contributed by atoms with Crippen LogP contribution >= 0.6 is 0 Å². The Kier molecular flexibility index (Phi) is 3.94. The van der Waals surface area contributed by atoms with Gasteiger partial charge in [-0.25, -0.2) is 0 Å². The van der Waals surface area contributed by atoms with E-state index in [4.69, 9.17) is 5.26 Å². The third-order valence-electron chi connectivity index (χ3n) is 8.46. The van der Waals surface area contributed by atoms with Gasteiger partial charge in [0.1, 0.15) is 0 Å². The molecule has 0 aromatic rings. The number of nitrogens with zero attached hydrogens (tertiary/aromatic N) is 1. The Labute approximate surface area is 151 Å². The fourth-order valence-corrected chi connectivity index (χ4v) is 7.13. The van der Waals surface area contributed by atoms with E-state index >= 15 is 0 Å². The minimum Gasteiger partial charge on any atom is -0.395 e. The van der Waals surface area contributed by atoms with Crippen molar-refractivity contribution in [1.29, 1.82) is 5.26 Å². The highest BCUT2D eigenvalue weighted by Gasteiger charge is 2.59. The molecular weight excluding hydrogens is 310 g/mol. The molecule has 0 spiro atoms. The summed E-state index contributed by atoms with van der Waals surface area (Å²) in [7, 11) is 0. The molecule has 4 aliphatic rings. The summed E-state index contributed by atoms with van der Waals surface area (Å²) in [6, 6.07) is 2.27. The molecule has 0 unspecified atom stereocenters. The van der Waals surface area contributed by atoms with Crippen molar-refractivity contribution in [2.24, 2.45) is 28.6 Å². The van der Waals surface area contributed by atoms with Crippen molar-refractivity contribution in [3.05, 3.63) is 23.3 Å². The van der Waals surface area contributed by atoms with E-state index < -0.39 is 5.60 Å². The van der Waals surface area contributed by atoms with Crippen LogP contribution in [0.4, 0.5) is 0 Å². The van der Waals surface area contributed by atoms with E-state index in [1.807, 2.05) is 13.0 Å².